The Morgan fingerprint density at radius 3 is 2.42 bits per heavy atom. The molecule has 1 aliphatic rings. The molecule has 2 N–H and O–H groups in total. The number of hydrogen-bond acceptors (Lipinski definition) is 7. The Morgan fingerprint density at radius 2 is 1.76 bits per heavy atom. The molecule has 2 aromatic carbocycles. The molecular weight excluding hydrogens is 424 g/mol. The van der Waals surface area contributed by atoms with Crippen LogP contribution in [0.3, 0.4) is 0 Å². The molecule has 1 amide bonds. The Bertz CT molecular complexity index is 925. The zero-order chi connectivity index (χ0) is 23.7. The van der Waals surface area contributed by atoms with Gasteiger partial charge < -0.3 is 24.3 Å². The van der Waals surface area contributed by atoms with E-state index in [0.717, 1.165) is 11.3 Å². The van der Waals surface area contributed by atoms with Crippen LogP contribution < -0.4 is 20.1 Å². The lowest BCUT2D eigenvalue weighted by Crippen LogP contribution is -2.60. The summed E-state index contributed by atoms with van der Waals surface area (Å²) in [4.78, 5) is 25.0. The standard InChI is InChI=1S/C25H32N2O6/c1-18(19-7-9-20(10-8-19)23(28)31-3)27-24(29)25(11-14-32-15-12-25)26-13-16-33-22-6-4-5-21(17-22)30-2/h4-10,17-18,26H,11-16H2,1-3H3,(H,27,29). The number of methoxy groups -OCH3 is 2. The Hall–Kier alpha value is -3.10. The molecule has 0 spiro atoms. The topological polar surface area (TPSA) is 95.1 Å². The minimum Gasteiger partial charge on any atom is -0.497 e. The summed E-state index contributed by atoms with van der Waals surface area (Å²) >= 11 is 0. The van der Waals surface area contributed by atoms with Crippen LogP contribution in [-0.2, 0) is 14.3 Å². The van der Waals surface area contributed by atoms with Crippen molar-refractivity contribution in [2.45, 2.75) is 31.3 Å². The van der Waals surface area contributed by atoms with Gasteiger partial charge in [0.2, 0.25) is 5.91 Å². The van der Waals surface area contributed by atoms with E-state index in [1.165, 1.54) is 7.11 Å². The highest BCUT2D eigenvalue weighted by molar-refractivity contribution is 5.89. The summed E-state index contributed by atoms with van der Waals surface area (Å²) in [5, 5.41) is 6.53. The molecule has 8 nitrogen and oxygen atoms in total. The third-order valence-electron chi connectivity index (χ3n) is 5.84. The molecule has 1 heterocycles. The van der Waals surface area contributed by atoms with Crippen molar-refractivity contribution in [1.82, 2.24) is 10.6 Å². The van der Waals surface area contributed by atoms with Crippen LogP contribution in [0.1, 0.15) is 41.7 Å². The zero-order valence-corrected chi connectivity index (χ0v) is 19.4. The molecule has 0 saturated carbocycles. The third kappa shape index (κ3) is 6.46. The zero-order valence-electron chi connectivity index (χ0n) is 19.4. The average molecular weight is 457 g/mol. The maximum absolute atomic E-state index is 13.3. The summed E-state index contributed by atoms with van der Waals surface area (Å²) in [5.41, 5.74) is 0.647. The van der Waals surface area contributed by atoms with Crippen LogP contribution in [0.5, 0.6) is 11.5 Å². The number of ether oxygens (including phenoxy) is 4. The van der Waals surface area contributed by atoms with Crippen molar-refractivity contribution in [3.8, 4) is 11.5 Å². The minimum absolute atomic E-state index is 0.0725. The first-order valence-corrected chi connectivity index (χ1v) is 11.1. The van der Waals surface area contributed by atoms with E-state index in [-0.39, 0.29) is 17.9 Å². The van der Waals surface area contributed by atoms with Crippen LogP contribution >= 0.6 is 0 Å². The first-order valence-electron chi connectivity index (χ1n) is 11.1. The van der Waals surface area contributed by atoms with Gasteiger partial charge in [0.25, 0.3) is 0 Å². The first kappa shape index (κ1) is 24.5. The summed E-state index contributed by atoms with van der Waals surface area (Å²) in [6, 6.07) is 14.2. The largest absolute Gasteiger partial charge is 0.497 e. The summed E-state index contributed by atoms with van der Waals surface area (Å²) < 4.78 is 21.3. The summed E-state index contributed by atoms with van der Waals surface area (Å²) in [7, 11) is 2.96. The highest BCUT2D eigenvalue weighted by atomic mass is 16.5. The van der Waals surface area contributed by atoms with Crippen molar-refractivity contribution in [2.75, 3.05) is 40.6 Å². The second-order valence-electron chi connectivity index (χ2n) is 7.96. The quantitative estimate of drug-likeness (QED) is 0.419. The summed E-state index contributed by atoms with van der Waals surface area (Å²) in [5.74, 6) is 0.983. The van der Waals surface area contributed by atoms with Gasteiger partial charge >= 0.3 is 5.97 Å². The second kappa shape index (κ2) is 11.7. The molecule has 8 heteroatoms. The number of carbonyl (C=O) groups is 2. The fourth-order valence-electron chi connectivity index (χ4n) is 3.80. The molecule has 1 saturated heterocycles. The van der Waals surface area contributed by atoms with Crippen molar-refractivity contribution < 1.29 is 28.5 Å². The van der Waals surface area contributed by atoms with Crippen LogP contribution in [0.2, 0.25) is 0 Å². The van der Waals surface area contributed by atoms with Crippen molar-refractivity contribution >= 4 is 11.9 Å². The molecule has 1 unspecified atom stereocenters. The lowest BCUT2D eigenvalue weighted by atomic mass is 9.88. The van der Waals surface area contributed by atoms with E-state index in [4.69, 9.17) is 18.9 Å². The number of rotatable bonds is 10. The SMILES string of the molecule is COC(=O)c1ccc(C(C)NC(=O)C2(NCCOc3cccc(OC)c3)CCOCC2)cc1. The first-order chi connectivity index (χ1) is 16.0. The van der Waals surface area contributed by atoms with Gasteiger partial charge in [0.1, 0.15) is 23.6 Å². The van der Waals surface area contributed by atoms with Gasteiger partial charge in [-0.15, -0.1) is 0 Å². The third-order valence-corrected chi connectivity index (χ3v) is 5.84. The van der Waals surface area contributed by atoms with Crippen molar-refractivity contribution in [3.05, 3.63) is 59.7 Å². The van der Waals surface area contributed by atoms with Gasteiger partial charge in [0.15, 0.2) is 0 Å². The van der Waals surface area contributed by atoms with Gasteiger partial charge in [0.05, 0.1) is 25.8 Å². The van der Waals surface area contributed by atoms with Crippen LogP contribution in [0.4, 0.5) is 0 Å². The lowest BCUT2D eigenvalue weighted by Gasteiger charge is -2.37. The molecule has 3 rings (SSSR count). The molecule has 0 aliphatic carbocycles. The molecule has 0 bridgehead atoms. The fourth-order valence-corrected chi connectivity index (χ4v) is 3.80. The van der Waals surface area contributed by atoms with Crippen LogP contribution in [-0.4, -0.2) is 58.0 Å². The van der Waals surface area contributed by atoms with E-state index >= 15 is 0 Å². The van der Waals surface area contributed by atoms with Crippen LogP contribution in [0.25, 0.3) is 0 Å². The van der Waals surface area contributed by atoms with E-state index in [1.807, 2.05) is 43.3 Å². The molecule has 1 aliphatic heterocycles. The number of hydrogen-bond donors (Lipinski definition) is 2. The second-order valence-corrected chi connectivity index (χ2v) is 7.96. The van der Waals surface area contributed by atoms with Gasteiger partial charge in [-0.1, -0.05) is 18.2 Å². The Balaban J connectivity index is 1.58. The predicted molar refractivity (Wildman–Crippen MR) is 124 cm³/mol. The molecule has 0 aromatic heterocycles. The van der Waals surface area contributed by atoms with E-state index in [1.54, 1.807) is 19.2 Å². The predicted octanol–water partition coefficient (Wildman–Crippen LogP) is 2.88. The van der Waals surface area contributed by atoms with Gasteiger partial charge in [-0.25, -0.2) is 4.79 Å². The highest BCUT2D eigenvalue weighted by Crippen LogP contribution is 2.24. The molecule has 1 fully saturated rings. The summed E-state index contributed by atoms with van der Waals surface area (Å²) in [6.45, 7) is 3.86. The summed E-state index contributed by atoms with van der Waals surface area (Å²) in [6.07, 6.45) is 1.15. The number of esters is 1. The van der Waals surface area contributed by atoms with Crippen molar-refractivity contribution in [1.29, 1.82) is 0 Å². The van der Waals surface area contributed by atoms with Crippen molar-refractivity contribution in [3.63, 3.8) is 0 Å². The van der Waals surface area contributed by atoms with Crippen LogP contribution in [0.15, 0.2) is 48.5 Å². The number of amides is 1. The van der Waals surface area contributed by atoms with Crippen molar-refractivity contribution in [2.24, 2.45) is 0 Å². The van der Waals surface area contributed by atoms with E-state index < -0.39 is 5.54 Å². The van der Waals surface area contributed by atoms with Gasteiger partial charge in [-0.05, 0) is 49.6 Å². The average Bonchev–Trinajstić information content (AvgIpc) is 2.86. The van der Waals surface area contributed by atoms with Gasteiger partial charge in [0, 0.05) is 25.8 Å². The van der Waals surface area contributed by atoms with Gasteiger partial charge in [-0.3, -0.25) is 10.1 Å². The van der Waals surface area contributed by atoms with Crippen LogP contribution in [0, 0.1) is 0 Å². The van der Waals surface area contributed by atoms with E-state index in [0.29, 0.717) is 50.5 Å². The Labute approximate surface area is 194 Å². The molecule has 2 aromatic rings. The van der Waals surface area contributed by atoms with E-state index in [2.05, 4.69) is 10.6 Å². The number of benzene rings is 2. The number of nitrogens with one attached hydrogen (secondary N) is 2. The maximum atomic E-state index is 13.3. The highest BCUT2D eigenvalue weighted by Gasteiger charge is 2.40. The van der Waals surface area contributed by atoms with Gasteiger partial charge in [-0.2, -0.15) is 0 Å². The Morgan fingerprint density at radius 1 is 1.06 bits per heavy atom. The minimum atomic E-state index is -0.726. The fraction of sp³-hybridized carbons (Fsp3) is 0.440. The normalized spacial score (nSPS) is 15.8. The van der Waals surface area contributed by atoms with E-state index in [9.17, 15) is 9.59 Å². The molecule has 33 heavy (non-hydrogen) atoms. The lowest BCUT2D eigenvalue weighted by molar-refractivity contribution is -0.132. The maximum Gasteiger partial charge on any atom is 0.337 e. The smallest absolute Gasteiger partial charge is 0.337 e. The molecule has 0 radical (unpaired) electrons. The number of carbonyl (C=O) groups excluding carboxylic acids is 2. The molecular formula is C25H32N2O6. The molecule has 1 atom stereocenters. The molecule has 178 valence electrons. The monoisotopic (exact) mass is 456 g/mol. The Kier molecular flexibility index (Phi) is 8.68.